The Morgan fingerprint density at radius 2 is 2.00 bits per heavy atom. The van der Waals surface area contributed by atoms with E-state index in [4.69, 9.17) is 0 Å². The Morgan fingerprint density at radius 3 is 2.65 bits per heavy atom. The Balaban J connectivity index is 1.75. The monoisotopic (exact) mass is 272 g/mol. The lowest BCUT2D eigenvalue weighted by atomic mass is 10.2. The lowest BCUT2D eigenvalue weighted by Crippen LogP contribution is -2.27. The number of H-pyrrole nitrogens is 1. The van der Waals surface area contributed by atoms with Crippen LogP contribution >= 0.6 is 0 Å². The first-order valence-electron chi connectivity index (χ1n) is 6.30. The number of aromatic nitrogens is 2. The molecule has 104 valence electrons. The molecule has 1 aromatic carbocycles. The molecule has 0 aliphatic carbocycles. The van der Waals surface area contributed by atoms with Crippen LogP contribution in [-0.4, -0.2) is 28.6 Å². The van der Waals surface area contributed by atoms with Gasteiger partial charge in [-0.25, -0.2) is 0 Å². The van der Waals surface area contributed by atoms with Crippen LogP contribution in [0.3, 0.4) is 0 Å². The summed E-state index contributed by atoms with van der Waals surface area (Å²) in [6, 6.07) is 8.88. The Labute approximate surface area is 116 Å². The number of benzene rings is 1. The second-order valence-corrected chi connectivity index (χ2v) is 4.35. The van der Waals surface area contributed by atoms with Gasteiger partial charge in [0.25, 0.3) is 5.91 Å². The molecule has 2 aromatic rings. The Morgan fingerprint density at radius 1 is 1.25 bits per heavy atom. The second kappa shape index (κ2) is 6.51. The molecule has 0 radical (unpaired) electrons. The molecule has 0 unspecified atom stereocenters. The number of amides is 2. The number of rotatable bonds is 5. The zero-order valence-electron chi connectivity index (χ0n) is 11.1. The third-order valence-corrected chi connectivity index (χ3v) is 2.77. The molecular formula is C14H16N4O2. The van der Waals surface area contributed by atoms with E-state index in [-0.39, 0.29) is 24.8 Å². The van der Waals surface area contributed by atoms with Crippen molar-refractivity contribution < 1.29 is 9.59 Å². The van der Waals surface area contributed by atoms with E-state index in [0.717, 1.165) is 5.56 Å². The van der Waals surface area contributed by atoms with Crippen LogP contribution in [0.2, 0.25) is 0 Å². The van der Waals surface area contributed by atoms with Gasteiger partial charge in [0.15, 0.2) is 0 Å². The van der Waals surface area contributed by atoms with Crippen molar-refractivity contribution in [2.75, 3.05) is 11.9 Å². The van der Waals surface area contributed by atoms with Crippen molar-refractivity contribution in [3.05, 3.63) is 47.7 Å². The number of aryl methyl sites for hydroxylation is 1. The Hall–Kier alpha value is -2.63. The zero-order chi connectivity index (χ0) is 14.4. The van der Waals surface area contributed by atoms with Crippen molar-refractivity contribution in [2.45, 2.75) is 13.3 Å². The standard InChI is InChI=1S/C14H16N4O2/c1-10-9-16-18-13(10)17-12(19)7-8-15-14(20)11-5-3-2-4-6-11/h2-6,9H,7-8H2,1H3,(H,15,20)(H2,16,17,18,19). The van der Waals surface area contributed by atoms with Crippen molar-refractivity contribution >= 4 is 17.6 Å². The quantitative estimate of drug-likeness (QED) is 0.770. The maximum absolute atomic E-state index is 11.7. The van der Waals surface area contributed by atoms with E-state index in [1.54, 1.807) is 30.5 Å². The smallest absolute Gasteiger partial charge is 0.251 e. The van der Waals surface area contributed by atoms with Crippen LogP contribution in [-0.2, 0) is 4.79 Å². The summed E-state index contributed by atoms with van der Waals surface area (Å²) in [7, 11) is 0. The van der Waals surface area contributed by atoms with Gasteiger partial charge in [0.1, 0.15) is 5.82 Å². The number of hydrogen-bond acceptors (Lipinski definition) is 3. The van der Waals surface area contributed by atoms with Crippen LogP contribution in [0, 0.1) is 6.92 Å². The molecule has 0 saturated carbocycles. The van der Waals surface area contributed by atoms with Gasteiger partial charge in [0.05, 0.1) is 6.20 Å². The van der Waals surface area contributed by atoms with Gasteiger partial charge in [-0.1, -0.05) is 18.2 Å². The number of anilines is 1. The highest BCUT2D eigenvalue weighted by atomic mass is 16.2. The van der Waals surface area contributed by atoms with Crippen molar-refractivity contribution in [3.63, 3.8) is 0 Å². The van der Waals surface area contributed by atoms with E-state index in [9.17, 15) is 9.59 Å². The summed E-state index contributed by atoms with van der Waals surface area (Å²) >= 11 is 0. The predicted octanol–water partition coefficient (Wildman–Crippen LogP) is 1.48. The van der Waals surface area contributed by atoms with Gasteiger partial charge in [-0.15, -0.1) is 0 Å². The SMILES string of the molecule is Cc1cn[nH]c1NC(=O)CCNC(=O)c1ccccc1. The Bertz CT molecular complexity index is 592. The molecule has 6 heteroatoms. The van der Waals surface area contributed by atoms with Crippen LogP contribution in [0.15, 0.2) is 36.5 Å². The number of aromatic amines is 1. The lowest BCUT2D eigenvalue weighted by molar-refractivity contribution is -0.116. The van der Waals surface area contributed by atoms with Crippen LogP contribution in [0.25, 0.3) is 0 Å². The van der Waals surface area contributed by atoms with E-state index in [2.05, 4.69) is 20.8 Å². The summed E-state index contributed by atoms with van der Waals surface area (Å²) in [5.74, 6) is 0.228. The topological polar surface area (TPSA) is 86.9 Å². The number of nitrogens with one attached hydrogen (secondary N) is 3. The summed E-state index contributed by atoms with van der Waals surface area (Å²) in [4.78, 5) is 23.4. The van der Waals surface area contributed by atoms with E-state index >= 15 is 0 Å². The van der Waals surface area contributed by atoms with E-state index in [0.29, 0.717) is 11.4 Å². The fourth-order valence-corrected chi connectivity index (χ4v) is 1.66. The molecule has 0 fully saturated rings. The van der Waals surface area contributed by atoms with E-state index in [1.807, 2.05) is 13.0 Å². The third kappa shape index (κ3) is 3.68. The minimum Gasteiger partial charge on any atom is -0.352 e. The third-order valence-electron chi connectivity index (χ3n) is 2.77. The van der Waals surface area contributed by atoms with Gasteiger partial charge < -0.3 is 10.6 Å². The first kappa shape index (κ1) is 13.8. The summed E-state index contributed by atoms with van der Waals surface area (Å²) < 4.78 is 0. The fourth-order valence-electron chi connectivity index (χ4n) is 1.66. The number of carbonyl (C=O) groups is 2. The van der Waals surface area contributed by atoms with Crippen molar-refractivity contribution in [1.82, 2.24) is 15.5 Å². The minimum absolute atomic E-state index is 0.175. The molecule has 3 N–H and O–H groups in total. The number of hydrogen-bond donors (Lipinski definition) is 3. The molecule has 1 aromatic heterocycles. The Kier molecular flexibility index (Phi) is 4.49. The van der Waals surface area contributed by atoms with Gasteiger partial charge >= 0.3 is 0 Å². The van der Waals surface area contributed by atoms with Crippen LogP contribution in [0.1, 0.15) is 22.3 Å². The highest BCUT2D eigenvalue weighted by Crippen LogP contribution is 2.08. The van der Waals surface area contributed by atoms with Gasteiger partial charge in [-0.05, 0) is 19.1 Å². The van der Waals surface area contributed by atoms with Crippen molar-refractivity contribution in [2.24, 2.45) is 0 Å². The van der Waals surface area contributed by atoms with E-state index in [1.165, 1.54) is 0 Å². The zero-order valence-corrected chi connectivity index (χ0v) is 11.1. The maximum atomic E-state index is 11.7. The molecular weight excluding hydrogens is 256 g/mol. The van der Waals surface area contributed by atoms with E-state index < -0.39 is 0 Å². The average Bonchev–Trinajstić information content (AvgIpc) is 2.85. The molecule has 0 aliphatic heterocycles. The van der Waals surface area contributed by atoms with Crippen LogP contribution < -0.4 is 10.6 Å². The molecule has 20 heavy (non-hydrogen) atoms. The predicted molar refractivity (Wildman–Crippen MR) is 75.3 cm³/mol. The minimum atomic E-state index is -0.184. The normalized spacial score (nSPS) is 10.1. The van der Waals surface area contributed by atoms with Gasteiger partial charge in [0, 0.05) is 24.1 Å². The number of nitrogens with zero attached hydrogens (tertiary/aromatic N) is 1. The van der Waals surface area contributed by atoms with Crippen molar-refractivity contribution in [3.8, 4) is 0 Å². The maximum Gasteiger partial charge on any atom is 0.251 e. The molecule has 1 heterocycles. The fraction of sp³-hybridized carbons (Fsp3) is 0.214. The highest BCUT2D eigenvalue weighted by molar-refractivity contribution is 5.95. The van der Waals surface area contributed by atoms with Crippen LogP contribution in [0.4, 0.5) is 5.82 Å². The molecule has 2 amide bonds. The van der Waals surface area contributed by atoms with Gasteiger partial charge in [-0.3, -0.25) is 14.7 Å². The lowest BCUT2D eigenvalue weighted by Gasteiger charge is -2.06. The van der Waals surface area contributed by atoms with Crippen LogP contribution in [0.5, 0.6) is 0 Å². The molecule has 2 rings (SSSR count). The average molecular weight is 272 g/mol. The number of carbonyl (C=O) groups excluding carboxylic acids is 2. The molecule has 0 atom stereocenters. The van der Waals surface area contributed by atoms with Gasteiger partial charge in [0.2, 0.25) is 5.91 Å². The van der Waals surface area contributed by atoms with Gasteiger partial charge in [-0.2, -0.15) is 5.10 Å². The molecule has 0 aliphatic rings. The first-order chi connectivity index (χ1) is 9.66. The largest absolute Gasteiger partial charge is 0.352 e. The molecule has 0 spiro atoms. The van der Waals surface area contributed by atoms with Crippen molar-refractivity contribution in [1.29, 1.82) is 0 Å². The molecule has 0 bridgehead atoms. The summed E-state index contributed by atoms with van der Waals surface area (Å²) in [6.45, 7) is 2.13. The first-order valence-corrected chi connectivity index (χ1v) is 6.30. The second-order valence-electron chi connectivity index (χ2n) is 4.35. The summed E-state index contributed by atoms with van der Waals surface area (Å²) in [6.07, 6.45) is 1.84. The molecule has 0 saturated heterocycles. The summed E-state index contributed by atoms with van der Waals surface area (Å²) in [5, 5.41) is 11.9. The summed E-state index contributed by atoms with van der Waals surface area (Å²) in [5.41, 5.74) is 1.45. The molecule has 6 nitrogen and oxygen atoms in total. The highest BCUT2D eigenvalue weighted by Gasteiger charge is 2.08.